The lowest BCUT2D eigenvalue weighted by Crippen LogP contribution is -2.33. The maximum absolute atomic E-state index is 12.0. The van der Waals surface area contributed by atoms with E-state index in [-0.39, 0.29) is 11.7 Å². The number of hydrogen-bond donors (Lipinski definition) is 0. The average Bonchev–Trinajstić information content (AvgIpc) is 2.02. The van der Waals surface area contributed by atoms with Crippen LogP contribution in [-0.2, 0) is 13.6 Å². The van der Waals surface area contributed by atoms with E-state index in [1.165, 1.54) is 14.2 Å². The summed E-state index contributed by atoms with van der Waals surface area (Å²) in [6.45, 7) is 3.99. The molecular weight excluding hydrogens is 189 g/mol. The molecule has 0 aromatic carbocycles. The predicted octanol–water partition coefficient (Wildman–Crippen LogP) is 2.02. The van der Waals surface area contributed by atoms with Gasteiger partial charge >= 0.3 is 7.60 Å². The normalized spacial score (nSPS) is 15.4. The first-order chi connectivity index (χ1) is 5.89. The summed E-state index contributed by atoms with van der Waals surface area (Å²) in [6, 6.07) is 0. The van der Waals surface area contributed by atoms with Gasteiger partial charge in [-0.05, 0) is 20.0 Å². The third-order valence-electron chi connectivity index (χ3n) is 1.96. The molecule has 0 aliphatic rings. The van der Waals surface area contributed by atoms with Gasteiger partial charge in [-0.1, -0.05) is 13.8 Å². The second-order valence-corrected chi connectivity index (χ2v) is 5.87. The summed E-state index contributed by atoms with van der Waals surface area (Å²) in [5.74, 6) is 0.0308. The van der Waals surface area contributed by atoms with E-state index in [1.807, 2.05) is 32.8 Å². The molecule has 13 heavy (non-hydrogen) atoms. The Bertz CT molecular complexity index is 178. The van der Waals surface area contributed by atoms with Crippen LogP contribution in [0.4, 0.5) is 0 Å². The molecule has 0 saturated carbocycles. The Balaban J connectivity index is 4.81. The van der Waals surface area contributed by atoms with Crippen LogP contribution in [0.3, 0.4) is 0 Å². The summed E-state index contributed by atoms with van der Waals surface area (Å²) < 4.78 is 22.0. The molecule has 0 aliphatic heterocycles. The molecule has 0 N–H and O–H groups in total. The van der Waals surface area contributed by atoms with Crippen LogP contribution in [-0.4, -0.2) is 39.0 Å². The van der Waals surface area contributed by atoms with Crippen LogP contribution < -0.4 is 0 Å². The summed E-state index contributed by atoms with van der Waals surface area (Å²) in [5.41, 5.74) is 0. The van der Waals surface area contributed by atoms with Crippen molar-refractivity contribution in [2.24, 2.45) is 5.92 Å². The molecule has 1 unspecified atom stereocenters. The van der Waals surface area contributed by atoms with Crippen molar-refractivity contribution < 1.29 is 13.6 Å². The number of nitrogens with zero attached hydrogens (tertiary/aromatic N) is 1. The second-order valence-electron chi connectivity index (χ2n) is 3.53. The highest BCUT2D eigenvalue weighted by atomic mass is 31.2. The molecule has 0 aliphatic carbocycles. The molecule has 80 valence electrons. The molecule has 0 rings (SSSR count). The van der Waals surface area contributed by atoms with Crippen LogP contribution >= 0.6 is 7.60 Å². The third kappa shape index (κ3) is 3.06. The Morgan fingerprint density at radius 3 is 1.62 bits per heavy atom. The van der Waals surface area contributed by atoms with Gasteiger partial charge in [-0.2, -0.15) is 0 Å². The molecule has 0 amide bonds. The minimum Gasteiger partial charge on any atom is -0.311 e. The fraction of sp³-hybridized carbons (Fsp3) is 1.00. The van der Waals surface area contributed by atoms with Crippen LogP contribution in [0, 0.1) is 5.92 Å². The van der Waals surface area contributed by atoms with Gasteiger partial charge in [0.1, 0.15) is 5.78 Å². The standard InChI is InChI=1S/C8H20NO3P/c1-7(2)8(9(3)4)13(10,11-5)12-6/h7-8H,1-6H3. The minimum atomic E-state index is -2.98. The lowest BCUT2D eigenvalue weighted by molar-refractivity contribution is 0.204. The average molecular weight is 209 g/mol. The van der Waals surface area contributed by atoms with E-state index < -0.39 is 7.60 Å². The maximum atomic E-state index is 12.0. The fourth-order valence-electron chi connectivity index (χ4n) is 1.53. The quantitative estimate of drug-likeness (QED) is 0.649. The Kier molecular flexibility index (Phi) is 5.15. The lowest BCUT2D eigenvalue weighted by atomic mass is 10.2. The zero-order valence-electron chi connectivity index (χ0n) is 9.27. The van der Waals surface area contributed by atoms with Crippen molar-refractivity contribution in [3.63, 3.8) is 0 Å². The summed E-state index contributed by atoms with van der Waals surface area (Å²) in [7, 11) is 3.60. The van der Waals surface area contributed by atoms with E-state index in [1.54, 1.807) is 0 Å². The van der Waals surface area contributed by atoms with Crippen LogP contribution in [0.1, 0.15) is 13.8 Å². The minimum absolute atomic E-state index is 0.192. The van der Waals surface area contributed by atoms with Crippen molar-refractivity contribution in [3.05, 3.63) is 0 Å². The fourth-order valence-corrected chi connectivity index (χ4v) is 3.41. The van der Waals surface area contributed by atoms with Gasteiger partial charge in [0.15, 0.2) is 0 Å². The van der Waals surface area contributed by atoms with Gasteiger partial charge in [-0.3, -0.25) is 9.46 Å². The molecule has 0 bridgehead atoms. The van der Waals surface area contributed by atoms with Gasteiger partial charge in [-0.25, -0.2) is 0 Å². The first-order valence-corrected chi connectivity index (χ1v) is 5.87. The molecule has 0 saturated heterocycles. The summed E-state index contributed by atoms with van der Waals surface area (Å²) in [4.78, 5) is 1.87. The van der Waals surface area contributed by atoms with Gasteiger partial charge in [0.05, 0.1) is 0 Å². The Labute approximate surface area is 80.7 Å². The van der Waals surface area contributed by atoms with E-state index in [0.29, 0.717) is 0 Å². The number of rotatable bonds is 5. The summed E-state index contributed by atoms with van der Waals surface area (Å²) in [5, 5.41) is 0. The van der Waals surface area contributed by atoms with Crippen molar-refractivity contribution in [3.8, 4) is 0 Å². The van der Waals surface area contributed by atoms with Crippen molar-refractivity contribution >= 4 is 7.60 Å². The largest absolute Gasteiger partial charge is 0.347 e. The van der Waals surface area contributed by atoms with Crippen molar-refractivity contribution in [2.75, 3.05) is 28.3 Å². The third-order valence-corrected chi connectivity index (χ3v) is 4.68. The molecule has 0 fully saturated rings. The van der Waals surface area contributed by atoms with Gasteiger partial charge in [0.2, 0.25) is 0 Å². The zero-order valence-corrected chi connectivity index (χ0v) is 10.2. The Morgan fingerprint density at radius 2 is 1.54 bits per heavy atom. The Hall–Kier alpha value is 0.110. The van der Waals surface area contributed by atoms with Crippen molar-refractivity contribution in [1.29, 1.82) is 0 Å². The van der Waals surface area contributed by atoms with Gasteiger partial charge in [0.25, 0.3) is 0 Å². The molecule has 0 spiro atoms. The topological polar surface area (TPSA) is 38.8 Å². The molecule has 0 heterocycles. The lowest BCUT2D eigenvalue weighted by Gasteiger charge is -2.32. The van der Waals surface area contributed by atoms with Gasteiger partial charge in [-0.15, -0.1) is 0 Å². The van der Waals surface area contributed by atoms with E-state index in [9.17, 15) is 4.57 Å². The highest BCUT2D eigenvalue weighted by molar-refractivity contribution is 7.54. The van der Waals surface area contributed by atoms with Crippen LogP contribution in [0.2, 0.25) is 0 Å². The SMILES string of the molecule is COP(=O)(OC)C(C(C)C)N(C)C. The van der Waals surface area contributed by atoms with Crippen LogP contribution in [0.25, 0.3) is 0 Å². The second kappa shape index (κ2) is 5.11. The van der Waals surface area contributed by atoms with Crippen molar-refractivity contribution in [1.82, 2.24) is 4.90 Å². The molecule has 0 radical (unpaired) electrons. The molecule has 4 nitrogen and oxygen atoms in total. The smallest absolute Gasteiger partial charge is 0.311 e. The van der Waals surface area contributed by atoms with Gasteiger partial charge < -0.3 is 9.05 Å². The van der Waals surface area contributed by atoms with E-state index in [2.05, 4.69) is 0 Å². The van der Waals surface area contributed by atoms with Gasteiger partial charge in [0, 0.05) is 14.2 Å². The molecule has 0 aromatic rings. The number of hydrogen-bond acceptors (Lipinski definition) is 4. The Morgan fingerprint density at radius 1 is 1.15 bits per heavy atom. The monoisotopic (exact) mass is 209 g/mol. The molecule has 5 heteroatoms. The van der Waals surface area contributed by atoms with E-state index >= 15 is 0 Å². The van der Waals surface area contributed by atoms with Crippen molar-refractivity contribution in [2.45, 2.75) is 19.6 Å². The van der Waals surface area contributed by atoms with Crippen LogP contribution in [0.15, 0.2) is 0 Å². The highest BCUT2D eigenvalue weighted by Gasteiger charge is 2.37. The molecule has 0 aromatic heterocycles. The first kappa shape index (κ1) is 13.1. The predicted molar refractivity (Wildman–Crippen MR) is 53.9 cm³/mol. The van der Waals surface area contributed by atoms with E-state index in [0.717, 1.165) is 0 Å². The maximum Gasteiger partial charge on any atom is 0.347 e. The first-order valence-electron chi connectivity index (χ1n) is 4.26. The zero-order chi connectivity index (χ0) is 10.6. The highest BCUT2D eigenvalue weighted by Crippen LogP contribution is 2.54. The summed E-state index contributed by atoms with van der Waals surface area (Å²) in [6.07, 6.45) is 0. The van der Waals surface area contributed by atoms with E-state index in [4.69, 9.17) is 9.05 Å². The summed E-state index contributed by atoms with van der Waals surface area (Å²) >= 11 is 0. The van der Waals surface area contributed by atoms with Crippen LogP contribution in [0.5, 0.6) is 0 Å². The molecular formula is C8H20NO3P. The molecule has 1 atom stereocenters.